The number of nitrogens with zero attached hydrogens (tertiary/aromatic N) is 2. The van der Waals surface area contributed by atoms with Crippen molar-refractivity contribution in [3.8, 4) is 5.75 Å². The molecular formula is C29H39Cl2N3O5S. The van der Waals surface area contributed by atoms with Crippen LogP contribution in [0.25, 0.3) is 0 Å². The molecule has 1 aliphatic carbocycles. The largest absolute Gasteiger partial charge is 0.495 e. The van der Waals surface area contributed by atoms with Gasteiger partial charge in [0.25, 0.3) is 0 Å². The van der Waals surface area contributed by atoms with Crippen LogP contribution >= 0.6 is 23.2 Å². The van der Waals surface area contributed by atoms with Gasteiger partial charge in [-0.2, -0.15) is 0 Å². The van der Waals surface area contributed by atoms with Gasteiger partial charge in [-0.15, -0.1) is 0 Å². The summed E-state index contributed by atoms with van der Waals surface area (Å²) in [6.45, 7) is 2.14. The Labute approximate surface area is 248 Å². The Morgan fingerprint density at radius 1 is 1.07 bits per heavy atom. The van der Waals surface area contributed by atoms with E-state index in [2.05, 4.69) is 5.32 Å². The number of carbonyl (C=O) groups is 2. The molecule has 40 heavy (non-hydrogen) atoms. The molecule has 1 unspecified atom stereocenters. The van der Waals surface area contributed by atoms with E-state index in [1.807, 2.05) is 6.92 Å². The van der Waals surface area contributed by atoms with Gasteiger partial charge in [-0.3, -0.25) is 13.9 Å². The zero-order chi connectivity index (χ0) is 29.3. The summed E-state index contributed by atoms with van der Waals surface area (Å²) in [4.78, 5) is 28.7. The van der Waals surface area contributed by atoms with Crippen molar-refractivity contribution in [1.82, 2.24) is 10.2 Å². The summed E-state index contributed by atoms with van der Waals surface area (Å²) in [7, 11) is -2.16. The molecule has 2 amide bonds. The minimum Gasteiger partial charge on any atom is -0.495 e. The third-order valence-electron chi connectivity index (χ3n) is 7.18. The summed E-state index contributed by atoms with van der Waals surface area (Å²) in [6, 6.07) is 11.4. The summed E-state index contributed by atoms with van der Waals surface area (Å²) in [6.07, 6.45) is 7.07. The highest BCUT2D eigenvalue weighted by atomic mass is 35.5. The van der Waals surface area contributed by atoms with Crippen LogP contribution in [-0.2, 0) is 26.2 Å². The van der Waals surface area contributed by atoms with E-state index in [1.54, 1.807) is 47.4 Å². The molecule has 0 heterocycles. The van der Waals surface area contributed by atoms with Gasteiger partial charge in [-0.1, -0.05) is 67.6 Å². The molecule has 11 heteroatoms. The van der Waals surface area contributed by atoms with Gasteiger partial charge in [-0.05, 0) is 55.5 Å². The quantitative estimate of drug-likeness (QED) is 0.308. The first-order valence-corrected chi connectivity index (χ1v) is 16.3. The lowest BCUT2D eigenvalue weighted by Crippen LogP contribution is -2.51. The van der Waals surface area contributed by atoms with Crippen LogP contribution in [0.3, 0.4) is 0 Å². The average Bonchev–Trinajstić information content (AvgIpc) is 2.92. The topological polar surface area (TPSA) is 96.0 Å². The van der Waals surface area contributed by atoms with E-state index >= 15 is 0 Å². The molecule has 0 radical (unpaired) electrons. The van der Waals surface area contributed by atoms with E-state index < -0.39 is 16.1 Å². The fourth-order valence-corrected chi connectivity index (χ4v) is 6.41. The lowest BCUT2D eigenvalue weighted by molar-refractivity contribution is -0.141. The highest BCUT2D eigenvalue weighted by molar-refractivity contribution is 7.92. The summed E-state index contributed by atoms with van der Waals surface area (Å²) in [5, 5.41) is 3.93. The molecule has 0 spiro atoms. The maximum atomic E-state index is 13.7. The Morgan fingerprint density at radius 2 is 1.77 bits per heavy atom. The molecule has 1 saturated carbocycles. The van der Waals surface area contributed by atoms with Gasteiger partial charge in [0.1, 0.15) is 11.8 Å². The van der Waals surface area contributed by atoms with Gasteiger partial charge in [0.2, 0.25) is 21.8 Å². The number of methoxy groups -OCH3 is 1. The first-order valence-electron chi connectivity index (χ1n) is 13.7. The predicted octanol–water partition coefficient (Wildman–Crippen LogP) is 5.80. The van der Waals surface area contributed by atoms with Crippen molar-refractivity contribution in [2.75, 3.05) is 24.2 Å². The maximum Gasteiger partial charge on any atom is 0.243 e. The highest BCUT2D eigenvalue weighted by Crippen LogP contribution is 2.30. The number of carbonyl (C=O) groups excluding carboxylic acids is 2. The smallest absolute Gasteiger partial charge is 0.243 e. The summed E-state index contributed by atoms with van der Waals surface area (Å²) < 4.78 is 31.9. The van der Waals surface area contributed by atoms with E-state index in [-0.39, 0.29) is 43.8 Å². The lowest BCUT2D eigenvalue weighted by Gasteiger charge is -2.33. The van der Waals surface area contributed by atoms with Crippen molar-refractivity contribution in [2.45, 2.75) is 76.9 Å². The summed E-state index contributed by atoms with van der Waals surface area (Å²) >= 11 is 12.3. The SMILES string of the molecule is CCC(C(=O)NC1CCCCC1)N(Cc1ccc(Cl)c(Cl)c1)C(=O)CCCN(c1ccccc1OC)S(C)(=O)=O. The first kappa shape index (κ1) is 32.0. The predicted molar refractivity (Wildman–Crippen MR) is 161 cm³/mol. The number of ether oxygens (including phenoxy) is 1. The van der Waals surface area contributed by atoms with E-state index in [0.717, 1.165) is 37.5 Å². The standard InChI is InChI=1S/C29H39Cl2N3O5S/c1-4-25(29(36)32-22-11-6-5-7-12-22)33(20-21-16-17-23(30)24(31)19-21)28(35)15-10-18-34(40(3,37)38)26-13-8-9-14-27(26)39-2/h8-9,13-14,16-17,19,22,25H,4-7,10-12,15,18,20H2,1-3H3,(H,32,36). The summed E-state index contributed by atoms with van der Waals surface area (Å²) in [5.41, 5.74) is 1.16. The number of hydrogen-bond donors (Lipinski definition) is 1. The molecular weight excluding hydrogens is 573 g/mol. The molecule has 8 nitrogen and oxygen atoms in total. The monoisotopic (exact) mass is 611 g/mol. The molecule has 0 bridgehead atoms. The molecule has 3 rings (SSSR count). The van der Waals surface area contributed by atoms with Crippen molar-refractivity contribution >= 4 is 50.7 Å². The number of nitrogens with one attached hydrogen (secondary N) is 1. The Morgan fingerprint density at radius 3 is 2.40 bits per heavy atom. The van der Waals surface area contributed by atoms with Gasteiger partial charge in [-0.25, -0.2) is 8.42 Å². The molecule has 1 atom stereocenters. The van der Waals surface area contributed by atoms with E-state index in [9.17, 15) is 18.0 Å². The van der Waals surface area contributed by atoms with Gasteiger partial charge >= 0.3 is 0 Å². The molecule has 1 fully saturated rings. The Kier molecular flexibility index (Phi) is 12.0. The van der Waals surface area contributed by atoms with Crippen molar-refractivity contribution < 1.29 is 22.7 Å². The van der Waals surface area contributed by atoms with Gasteiger partial charge in [0.05, 0.1) is 29.1 Å². The van der Waals surface area contributed by atoms with Crippen LogP contribution in [-0.4, -0.2) is 57.1 Å². The second-order valence-electron chi connectivity index (χ2n) is 10.1. The van der Waals surface area contributed by atoms with Crippen LogP contribution in [0.2, 0.25) is 10.0 Å². The normalized spacial score (nSPS) is 14.8. The molecule has 0 aromatic heterocycles. The molecule has 2 aromatic carbocycles. The Balaban J connectivity index is 1.79. The fraction of sp³-hybridized carbons (Fsp3) is 0.517. The van der Waals surface area contributed by atoms with Crippen LogP contribution in [0.1, 0.15) is 63.9 Å². The Hall–Kier alpha value is -2.49. The number of para-hydroxylation sites is 2. The van der Waals surface area contributed by atoms with Crippen molar-refractivity contribution in [3.05, 3.63) is 58.1 Å². The molecule has 0 saturated heterocycles. The van der Waals surface area contributed by atoms with Gasteiger partial charge in [0.15, 0.2) is 0 Å². The number of anilines is 1. The maximum absolute atomic E-state index is 13.7. The van der Waals surface area contributed by atoms with Crippen LogP contribution in [0, 0.1) is 0 Å². The molecule has 1 aliphatic rings. The molecule has 2 aromatic rings. The van der Waals surface area contributed by atoms with Gasteiger partial charge in [0, 0.05) is 25.6 Å². The highest BCUT2D eigenvalue weighted by Gasteiger charge is 2.31. The van der Waals surface area contributed by atoms with Crippen molar-refractivity contribution in [1.29, 1.82) is 0 Å². The van der Waals surface area contributed by atoms with Crippen molar-refractivity contribution in [3.63, 3.8) is 0 Å². The van der Waals surface area contributed by atoms with Crippen LogP contribution in [0.5, 0.6) is 5.75 Å². The van der Waals surface area contributed by atoms with Crippen LogP contribution < -0.4 is 14.4 Å². The second kappa shape index (κ2) is 14.9. The number of benzene rings is 2. The Bertz CT molecular complexity index is 1270. The fourth-order valence-electron chi connectivity index (χ4n) is 5.12. The second-order valence-corrected chi connectivity index (χ2v) is 12.9. The number of rotatable bonds is 13. The minimum absolute atomic E-state index is 0.0513. The third kappa shape index (κ3) is 8.75. The molecule has 0 aliphatic heterocycles. The zero-order valence-electron chi connectivity index (χ0n) is 23.4. The minimum atomic E-state index is -3.64. The first-order chi connectivity index (χ1) is 19.0. The average molecular weight is 613 g/mol. The number of sulfonamides is 1. The number of hydrogen-bond acceptors (Lipinski definition) is 5. The van der Waals surface area contributed by atoms with Crippen LogP contribution in [0.15, 0.2) is 42.5 Å². The van der Waals surface area contributed by atoms with Crippen molar-refractivity contribution in [2.24, 2.45) is 0 Å². The van der Waals surface area contributed by atoms with Crippen LogP contribution in [0.4, 0.5) is 5.69 Å². The van der Waals surface area contributed by atoms with Gasteiger partial charge < -0.3 is 15.0 Å². The number of halogens is 2. The lowest BCUT2D eigenvalue weighted by atomic mass is 9.95. The number of amides is 2. The molecule has 220 valence electrons. The molecule has 1 N–H and O–H groups in total. The third-order valence-corrected chi connectivity index (χ3v) is 9.10. The van der Waals surface area contributed by atoms with E-state index in [1.165, 1.54) is 17.8 Å². The summed E-state index contributed by atoms with van der Waals surface area (Å²) in [5.74, 6) is 0.00529. The van der Waals surface area contributed by atoms with E-state index in [4.69, 9.17) is 27.9 Å². The van der Waals surface area contributed by atoms with E-state index in [0.29, 0.717) is 27.9 Å². The zero-order valence-corrected chi connectivity index (χ0v) is 25.7.